The zero-order chi connectivity index (χ0) is 12.2. The number of carboxylic acids is 1. The van der Waals surface area contributed by atoms with Gasteiger partial charge in [-0.3, -0.25) is 0 Å². The fourth-order valence-electron chi connectivity index (χ4n) is 1.58. The maximum Gasteiger partial charge on any atom is 0.328 e. The van der Waals surface area contributed by atoms with Crippen molar-refractivity contribution in [1.29, 1.82) is 0 Å². The number of carboxylic acid groups (broad SMARTS) is 1. The average Bonchev–Trinajstić information content (AvgIpc) is 2.26. The SMILES string of the molecule is CCCC[C@@](N)(C(=O)O)c1ccc(Br)cc1.Cl. The molecule has 0 radical (unpaired) electrons. The van der Waals surface area contributed by atoms with E-state index in [2.05, 4.69) is 15.9 Å². The lowest BCUT2D eigenvalue weighted by Crippen LogP contribution is -2.44. The van der Waals surface area contributed by atoms with E-state index >= 15 is 0 Å². The first kappa shape index (κ1) is 16.4. The van der Waals surface area contributed by atoms with Crippen LogP contribution in [-0.4, -0.2) is 11.1 Å². The number of benzene rings is 1. The van der Waals surface area contributed by atoms with Crippen molar-refractivity contribution in [2.75, 3.05) is 0 Å². The quantitative estimate of drug-likeness (QED) is 0.874. The minimum absolute atomic E-state index is 0. The van der Waals surface area contributed by atoms with Crippen LogP contribution >= 0.6 is 28.3 Å². The van der Waals surface area contributed by atoms with Crippen molar-refractivity contribution in [3.05, 3.63) is 34.3 Å². The number of halogens is 2. The fraction of sp³-hybridized carbons (Fsp3) is 0.417. The van der Waals surface area contributed by atoms with Gasteiger partial charge in [0.2, 0.25) is 0 Å². The summed E-state index contributed by atoms with van der Waals surface area (Å²) in [5.41, 5.74) is 5.37. The predicted molar refractivity (Wildman–Crippen MR) is 74.4 cm³/mol. The minimum atomic E-state index is -1.27. The first-order valence-corrected chi connectivity index (χ1v) is 6.08. The van der Waals surface area contributed by atoms with Crippen molar-refractivity contribution in [2.24, 2.45) is 5.73 Å². The first-order chi connectivity index (χ1) is 7.50. The highest BCUT2D eigenvalue weighted by molar-refractivity contribution is 9.10. The number of nitrogens with two attached hydrogens (primary N) is 1. The summed E-state index contributed by atoms with van der Waals surface area (Å²) in [4.78, 5) is 11.3. The number of carbonyl (C=O) groups is 1. The summed E-state index contributed by atoms with van der Waals surface area (Å²) in [7, 11) is 0. The van der Waals surface area contributed by atoms with E-state index in [-0.39, 0.29) is 12.4 Å². The summed E-state index contributed by atoms with van der Waals surface area (Å²) in [6.45, 7) is 2.02. The van der Waals surface area contributed by atoms with Crippen molar-refractivity contribution >= 4 is 34.3 Å². The van der Waals surface area contributed by atoms with E-state index in [4.69, 9.17) is 5.73 Å². The van der Waals surface area contributed by atoms with Crippen LogP contribution in [0, 0.1) is 0 Å². The smallest absolute Gasteiger partial charge is 0.328 e. The lowest BCUT2D eigenvalue weighted by atomic mass is 9.86. The Hall–Kier alpha value is -0.580. The highest BCUT2D eigenvalue weighted by atomic mass is 79.9. The Morgan fingerprint density at radius 1 is 1.41 bits per heavy atom. The first-order valence-electron chi connectivity index (χ1n) is 5.29. The molecule has 0 unspecified atom stereocenters. The van der Waals surface area contributed by atoms with Crippen molar-refractivity contribution in [3.8, 4) is 0 Å². The maximum absolute atomic E-state index is 11.3. The molecule has 3 N–H and O–H groups in total. The highest BCUT2D eigenvalue weighted by Gasteiger charge is 2.35. The van der Waals surface area contributed by atoms with Gasteiger partial charge in [-0.2, -0.15) is 0 Å². The van der Waals surface area contributed by atoms with E-state index in [1.54, 1.807) is 12.1 Å². The van der Waals surface area contributed by atoms with Crippen LogP contribution in [0.5, 0.6) is 0 Å². The van der Waals surface area contributed by atoms with Crippen LogP contribution in [0.1, 0.15) is 31.7 Å². The molecular weight excluding hydrogens is 305 g/mol. The number of hydrogen-bond donors (Lipinski definition) is 2. The van der Waals surface area contributed by atoms with Gasteiger partial charge in [-0.15, -0.1) is 12.4 Å². The van der Waals surface area contributed by atoms with Crippen LogP contribution in [0.25, 0.3) is 0 Å². The van der Waals surface area contributed by atoms with Gasteiger partial charge in [0.1, 0.15) is 5.54 Å². The Bertz CT molecular complexity index is 369. The lowest BCUT2D eigenvalue weighted by molar-refractivity contribution is -0.144. The molecule has 0 bridgehead atoms. The largest absolute Gasteiger partial charge is 0.480 e. The van der Waals surface area contributed by atoms with Crippen molar-refractivity contribution in [2.45, 2.75) is 31.7 Å². The highest BCUT2D eigenvalue weighted by Crippen LogP contribution is 2.26. The fourth-order valence-corrected chi connectivity index (χ4v) is 1.84. The predicted octanol–water partition coefficient (Wildman–Crippen LogP) is 3.30. The summed E-state index contributed by atoms with van der Waals surface area (Å²) < 4.78 is 0.916. The molecule has 0 fully saturated rings. The molecule has 0 aliphatic carbocycles. The normalized spacial score (nSPS) is 13.6. The third-order valence-corrected chi connectivity index (χ3v) is 3.19. The number of aliphatic carboxylic acids is 1. The van der Waals surface area contributed by atoms with Gasteiger partial charge in [0.05, 0.1) is 0 Å². The molecule has 96 valence electrons. The number of rotatable bonds is 5. The second-order valence-corrected chi connectivity index (χ2v) is 4.80. The minimum Gasteiger partial charge on any atom is -0.480 e. The van der Waals surface area contributed by atoms with Crippen molar-refractivity contribution in [3.63, 3.8) is 0 Å². The summed E-state index contributed by atoms with van der Waals surface area (Å²) in [5.74, 6) is -0.969. The monoisotopic (exact) mass is 321 g/mol. The van der Waals surface area contributed by atoms with Crippen molar-refractivity contribution < 1.29 is 9.90 Å². The second-order valence-electron chi connectivity index (χ2n) is 3.89. The van der Waals surface area contributed by atoms with E-state index in [0.717, 1.165) is 17.3 Å². The Morgan fingerprint density at radius 3 is 2.35 bits per heavy atom. The third kappa shape index (κ3) is 3.98. The summed E-state index contributed by atoms with van der Waals surface area (Å²) in [6.07, 6.45) is 2.20. The van der Waals surface area contributed by atoms with Gasteiger partial charge < -0.3 is 10.8 Å². The van der Waals surface area contributed by atoms with Gasteiger partial charge in [0, 0.05) is 4.47 Å². The molecule has 17 heavy (non-hydrogen) atoms. The molecule has 1 aromatic carbocycles. The number of unbranched alkanes of at least 4 members (excludes halogenated alkanes) is 1. The molecule has 0 saturated heterocycles. The molecule has 1 rings (SSSR count). The van der Waals surface area contributed by atoms with Crippen LogP contribution in [0.2, 0.25) is 0 Å². The topological polar surface area (TPSA) is 63.3 Å². The molecule has 0 aliphatic heterocycles. The molecule has 1 atom stereocenters. The van der Waals surface area contributed by atoms with E-state index in [1.165, 1.54) is 0 Å². The number of hydrogen-bond acceptors (Lipinski definition) is 2. The summed E-state index contributed by atoms with van der Waals surface area (Å²) in [6, 6.07) is 7.14. The van der Waals surface area contributed by atoms with Crippen LogP contribution in [0.3, 0.4) is 0 Å². The molecule has 0 heterocycles. The molecular formula is C12H17BrClNO2. The van der Waals surface area contributed by atoms with Gasteiger partial charge in [-0.25, -0.2) is 4.79 Å². The van der Waals surface area contributed by atoms with E-state index in [1.807, 2.05) is 19.1 Å². The third-order valence-electron chi connectivity index (χ3n) is 2.67. The lowest BCUT2D eigenvalue weighted by Gasteiger charge is -2.25. The van der Waals surface area contributed by atoms with Gasteiger partial charge >= 0.3 is 5.97 Å². The zero-order valence-corrected chi connectivity index (χ0v) is 12.1. The van der Waals surface area contributed by atoms with Crippen molar-refractivity contribution in [1.82, 2.24) is 0 Å². The Kier molecular flexibility index (Phi) is 6.75. The van der Waals surface area contributed by atoms with E-state index in [9.17, 15) is 9.90 Å². The van der Waals surface area contributed by atoms with Gasteiger partial charge in [-0.05, 0) is 24.1 Å². The molecule has 0 spiro atoms. The average molecular weight is 323 g/mol. The summed E-state index contributed by atoms with van der Waals surface area (Å²) >= 11 is 3.31. The maximum atomic E-state index is 11.3. The van der Waals surface area contributed by atoms with Gasteiger partial charge in [-0.1, -0.05) is 47.8 Å². The van der Waals surface area contributed by atoms with Crippen LogP contribution in [0.4, 0.5) is 0 Å². The van der Waals surface area contributed by atoms with Crippen LogP contribution < -0.4 is 5.73 Å². The zero-order valence-electron chi connectivity index (χ0n) is 9.65. The molecule has 0 amide bonds. The Labute approximate surface area is 116 Å². The second kappa shape index (κ2) is 6.99. The molecule has 0 aromatic heterocycles. The van der Waals surface area contributed by atoms with Crippen LogP contribution in [-0.2, 0) is 10.3 Å². The molecule has 0 aliphatic rings. The molecule has 1 aromatic rings. The van der Waals surface area contributed by atoms with E-state index < -0.39 is 11.5 Å². The van der Waals surface area contributed by atoms with Crippen LogP contribution in [0.15, 0.2) is 28.7 Å². The van der Waals surface area contributed by atoms with E-state index in [0.29, 0.717) is 12.0 Å². The Balaban J connectivity index is 0.00000256. The molecule has 3 nitrogen and oxygen atoms in total. The standard InChI is InChI=1S/C12H16BrNO2.ClH/c1-2-3-8-12(14,11(15)16)9-4-6-10(13)7-5-9;/h4-7H,2-3,8,14H2,1H3,(H,15,16);1H/t12-;/m0./s1. The molecule has 0 saturated carbocycles. The summed E-state index contributed by atoms with van der Waals surface area (Å²) in [5, 5.41) is 9.25. The van der Waals surface area contributed by atoms with Gasteiger partial charge in [0.25, 0.3) is 0 Å². The Morgan fingerprint density at radius 2 is 1.94 bits per heavy atom. The van der Waals surface area contributed by atoms with Gasteiger partial charge in [0.15, 0.2) is 0 Å². The molecule has 5 heteroatoms.